The number of nitrogens with one attached hydrogen (secondary N) is 3. The van der Waals surface area contributed by atoms with Crippen LogP contribution in [0.2, 0.25) is 0 Å². The number of rotatable bonds is 5. The first-order valence-corrected chi connectivity index (χ1v) is 8.52. The average molecular weight is 402 g/mol. The van der Waals surface area contributed by atoms with Crippen LogP contribution < -0.4 is 20.9 Å². The Labute approximate surface area is 166 Å². The monoisotopic (exact) mass is 402 g/mol. The molecule has 0 bridgehead atoms. The number of hydrogen-bond acceptors (Lipinski definition) is 6. The third-order valence-electron chi connectivity index (χ3n) is 3.78. The van der Waals surface area contributed by atoms with Crippen molar-refractivity contribution in [2.75, 3.05) is 6.61 Å². The van der Waals surface area contributed by atoms with E-state index in [0.29, 0.717) is 5.75 Å². The Hall–Kier alpha value is -3.53. The van der Waals surface area contributed by atoms with E-state index in [4.69, 9.17) is 17.0 Å². The van der Waals surface area contributed by atoms with Gasteiger partial charge in [0, 0.05) is 17.7 Å². The molecule has 0 aliphatic rings. The van der Waals surface area contributed by atoms with Crippen molar-refractivity contribution in [1.82, 2.24) is 16.2 Å². The van der Waals surface area contributed by atoms with Crippen LogP contribution in [0.3, 0.4) is 0 Å². The normalized spacial score (nSPS) is 9.93. The molecule has 0 spiro atoms. The van der Waals surface area contributed by atoms with Crippen LogP contribution in [-0.2, 0) is 4.79 Å². The van der Waals surface area contributed by atoms with Crippen LogP contribution in [0.15, 0.2) is 42.5 Å². The van der Waals surface area contributed by atoms with Crippen molar-refractivity contribution in [2.45, 2.75) is 13.8 Å². The molecule has 0 radical (unpaired) electrons. The summed E-state index contributed by atoms with van der Waals surface area (Å²) < 4.78 is 5.45. The minimum absolute atomic E-state index is 0.0583. The van der Waals surface area contributed by atoms with Gasteiger partial charge in [-0.2, -0.15) is 0 Å². The van der Waals surface area contributed by atoms with Gasteiger partial charge in [0.1, 0.15) is 5.75 Å². The van der Waals surface area contributed by atoms with E-state index < -0.39 is 16.7 Å². The van der Waals surface area contributed by atoms with Crippen LogP contribution in [0, 0.1) is 24.0 Å². The molecular weight excluding hydrogens is 384 g/mol. The number of non-ortho nitro benzene ring substituents is 1. The maximum absolute atomic E-state index is 12.1. The molecule has 0 aliphatic carbocycles. The second-order valence-corrected chi connectivity index (χ2v) is 6.16. The van der Waals surface area contributed by atoms with E-state index >= 15 is 0 Å². The molecule has 2 aromatic rings. The van der Waals surface area contributed by atoms with Crippen molar-refractivity contribution in [3.63, 3.8) is 0 Å². The lowest BCUT2D eigenvalue weighted by Crippen LogP contribution is -2.49. The highest BCUT2D eigenvalue weighted by Crippen LogP contribution is 2.20. The quantitative estimate of drug-likeness (QED) is 0.397. The highest BCUT2D eigenvalue weighted by Gasteiger charge is 2.13. The molecule has 28 heavy (non-hydrogen) atoms. The second-order valence-electron chi connectivity index (χ2n) is 5.75. The fourth-order valence-corrected chi connectivity index (χ4v) is 2.30. The number of nitro groups is 1. The van der Waals surface area contributed by atoms with Crippen molar-refractivity contribution in [3.05, 3.63) is 69.3 Å². The number of thiocarbonyl (C=S) groups is 1. The number of hydrazine groups is 1. The van der Waals surface area contributed by atoms with Gasteiger partial charge in [-0.3, -0.25) is 35.9 Å². The third-order valence-corrected chi connectivity index (χ3v) is 3.98. The molecule has 2 amide bonds. The zero-order valence-corrected chi connectivity index (χ0v) is 16.0. The first kappa shape index (κ1) is 20.8. The van der Waals surface area contributed by atoms with Crippen molar-refractivity contribution in [3.8, 4) is 5.75 Å². The Morgan fingerprint density at radius 1 is 1.14 bits per heavy atom. The maximum atomic E-state index is 12.1. The fraction of sp³-hybridized carbons (Fsp3) is 0.167. The van der Waals surface area contributed by atoms with Crippen LogP contribution in [0.1, 0.15) is 21.5 Å². The predicted octanol–water partition coefficient (Wildman–Crippen LogP) is 1.93. The first-order chi connectivity index (χ1) is 13.3. The fourth-order valence-electron chi connectivity index (χ4n) is 2.15. The number of carbonyl (C=O) groups is 2. The lowest BCUT2D eigenvalue weighted by atomic mass is 10.1. The van der Waals surface area contributed by atoms with Gasteiger partial charge < -0.3 is 4.74 Å². The standard InChI is InChI=1S/C18H18N4O5S/c1-11-5-3-8-15(12(11)2)27-10-16(23)20-21-18(28)19-17(24)13-6-4-7-14(9-13)22(25)26/h3-9H,10H2,1-2H3,(H,20,23)(H2,19,21,24,28). The number of aryl methyl sites for hydroxylation is 1. The van der Waals surface area contributed by atoms with Gasteiger partial charge in [-0.1, -0.05) is 18.2 Å². The van der Waals surface area contributed by atoms with E-state index in [9.17, 15) is 19.7 Å². The molecule has 146 valence electrons. The van der Waals surface area contributed by atoms with Crippen molar-refractivity contribution < 1.29 is 19.2 Å². The summed E-state index contributed by atoms with van der Waals surface area (Å²) in [7, 11) is 0. The zero-order chi connectivity index (χ0) is 20.7. The van der Waals surface area contributed by atoms with E-state index in [2.05, 4.69) is 16.2 Å². The number of ether oxygens (including phenoxy) is 1. The van der Waals surface area contributed by atoms with E-state index in [1.165, 1.54) is 18.2 Å². The Morgan fingerprint density at radius 2 is 1.86 bits per heavy atom. The summed E-state index contributed by atoms with van der Waals surface area (Å²) in [6.45, 7) is 3.57. The van der Waals surface area contributed by atoms with Gasteiger partial charge in [-0.25, -0.2) is 0 Å². The lowest BCUT2D eigenvalue weighted by Gasteiger charge is -2.13. The Morgan fingerprint density at radius 3 is 2.57 bits per heavy atom. The minimum atomic E-state index is -0.651. The number of nitro benzene ring substituents is 1. The smallest absolute Gasteiger partial charge is 0.276 e. The molecule has 2 rings (SSSR count). The predicted molar refractivity (Wildman–Crippen MR) is 106 cm³/mol. The Balaban J connectivity index is 1.81. The molecule has 0 saturated heterocycles. The summed E-state index contributed by atoms with van der Waals surface area (Å²) in [4.78, 5) is 34.1. The third kappa shape index (κ3) is 5.74. The lowest BCUT2D eigenvalue weighted by molar-refractivity contribution is -0.384. The van der Waals surface area contributed by atoms with Crippen LogP contribution in [0.4, 0.5) is 5.69 Å². The molecule has 3 N–H and O–H groups in total. The summed E-state index contributed by atoms with van der Waals surface area (Å²) in [6.07, 6.45) is 0. The average Bonchev–Trinajstić information content (AvgIpc) is 2.67. The summed E-state index contributed by atoms with van der Waals surface area (Å²) >= 11 is 4.92. The number of amides is 2. The van der Waals surface area contributed by atoms with Gasteiger partial charge in [-0.05, 0) is 49.3 Å². The van der Waals surface area contributed by atoms with Crippen LogP contribution in [0.25, 0.3) is 0 Å². The van der Waals surface area contributed by atoms with Crippen LogP contribution >= 0.6 is 12.2 Å². The molecule has 0 aliphatic heterocycles. The zero-order valence-electron chi connectivity index (χ0n) is 15.1. The van der Waals surface area contributed by atoms with Gasteiger partial charge >= 0.3 is 0 Å². The van der Waals surface area contributed by atoms with Crippen molar-refractivity contribution in [2.24, 2.45) is 0 Å². The number of hydrogen-bond donors (Lipinski definition) is 3. The molecular formula is C18H18N4O5S. The molecule has 0 atom stereocenters. The van der Waals surface area contributed by atoms with Crippen molar-refractivity contribution >= 4 is 34.8 Å². The molecule has 0 aromatic heterocycles. The number of benzene rings is 2. The molecule has 10 heteroatoms. The van der Waals surface area contributed by atoms with Gasteiger partial charge in [0.15, 0.2) is 11.7 Å². The van der Waals surface area contributed by atoms with Gasteiger partial charge in [0.05, 0.1) is 4.92 Å². The number of carbonyl (C=O) groups excluding carboxylic acids is 2. The minimum Gasteiger partial charge on any atom is -0.483 e. The molecule has 0 heterocycles. The van der Waals surface area contributed by atoms with E-state index in [1.54, 1.807) is 6.07 Å². The summed E-state index contributed by atoms with van der Waals surface area (Å²) in [5, 5.41) is 12.9. The van der Waals surface area contributed by atoms with E-state index in [0.717, 1.165) is 17.2 Å². The summed E-state index contributed by atoms with van der Waals surface area (Å²) in [5.74, 6) is -0.563. The first-order valence-electron chi connectivity index (χ1n) is 8.11. The molecule has 0 fully saturated rings. The van der Waals surface area contributed by atoms with E-state index in [1.807, 2.05) is 26.0 Å². The summed E-state index contributed by atoms with van der Waals surface area (Å²) in [6, 6.07) is 10.7. The van der Waals surface area contributed by atoms with E-state index in [-0.39, 0.29) is 23.0 Å². The molecule has 2 aromatic carbocycles. The van der Waals surface area contributed by atoms with Gasteiger partial charge in [0.2, 0.25) is 0 Å². The molecule has 9 nitrogen and oxygen atoms in total. The van der Waals surface area contributed by atoms with Crippen molar-refractivity contribution in [1.29, 1.82) is 0 Å². The van der Waals surface area contributed by atoms with Gasteiger partial charge in [-0.15, -0.1) is 0 Å². The Kier molecular flexibility index (Phi) is 6.99. The topological polar surface area (TPSA) is 123 Å². The Bertz CT molecular complexity index is 932. The molecule has 0 saturated carbocycles. The highest BCUT2D eigenvalue weighted by molar-refractivity contribution is 7.80. The number of nitrogens with zero attached hydrogens (tertiary/aromatic N) is 1. The molecule has 0 unspecified atom stereocenters. The largest absolute Gasteiger partial charge is 0.483 e. The summed E-state index contributed by atoms with van der Waals surface area (Å²) in [5.41, 5.74) is 6.48. The maximum Gasteiger partial charge on any atom is 0.276 e. The van der Waals surface area contributed by atoms with Crippen LogP contribution in [0.5, 0.6) is 5.75 Å². The van der Waals surface area contributed by atoms with Gasteiger partial charge in [0.25, 0.3) is 17.5 Å². The SMILES string of the molecule is Cc1cccc(OCC(=O)NNC(=S)NC(=O)c2cccc([N+](=O)[O-])c2)c1C. The van der Waals surface area contributed by atoms with Crippen LogP contribution in [-0.4, -0.2) is 28.5 Å². The highest BCUT2D eigenvalue weighted by atomic mass is 32.1. The second kappa shape index (κ2) is 9.42.